The van der Waals surface area contributed by atoms with Gasteiger partial charge in [-0.15, -0.1) is 11.8 Å². The average molecular weight is 305 g/mol. The third kappa shape index (κ3) is 4.49. The van der Waals surface area contributed by atoms with E-state index >= 15 is 0 Å². The van der Waals surface area contributed by atoms with E-state index in [2.05, 4.69) is 25.8 Å². The highest BCUT2D eigenvalue weighted by molar-refractivity contribution is 7.98. The molecule has 1 heterocycles. The minimum atomic E-state index is -0.183. The molecule has 0 aliphatic rings. The van der Waals surface area contributed by atoms with Gasteiger partial charge < -0.3 is 10.6 Å². The first-order valence-corrected chi connectivity index (χ1v) is 7.96. The van der Waals surface area contributed by atoms with Crippen LogP contribution in [-0.4, -0.2) is 34.0 Å². The third-order valence-corrected chi connectivity index (χ3v) is 3.81. The van der Waals surface area contributed by atoms with Gasteiger partial charge in [0.1, 0.15) is 12.2 Å². The molecule has 0 spiro atoms. The highest BCUT2D eigenvalue weighted by Crippen LogP contribution is 2.28. The summed E-state index contributed by atoms with van der Waals surface area (Å²) in [5, 5.41) is 12.3. The van der Waals surface area contributed by atoms with E-state index in [1.807, 2.05) is 31.4 Å². The minimum Gasteiger partial charge on any atom is -0.338 e. The zero-order chi connectivity index (χ0) is 15.1. The molecule has 0 saturated heterocycles. The number of anilines is 1. The SMILES string of the molecule is CSc1cccc(C)c1NC(=O)NCCCc1ncn[nH]1. The molecule has 6 nitrogen and oxygen atoms in total. The van der Waals surface area contributed by atoms with Crippen LogP contribution in [0.15, 0.2) is 29.4 Å². The number of nitrogens with zero attached hydrogens (tertiary/aromatic N) is 2. The molecule has 21 heavy (non-hydrogen) atoms. The number of carbonyl (C=O) groups is 1. The number of carbonyl (C=O) groups excluding carboxylic acids is 1. The van der Waals surface area contributed by atoms with E-state index in [1.165, 1.54) is 6.33 Å². The van der Waals surface area contributed by atoms with E-state index in [-0.39, 0.29) is 6.03 Å². The van der Waals surface area contributed by atoms with E-state index in [0.29, 0.717) is 6.54 Å². The molecule has 0 aliphatic heterocycles. The Hall–Kier alpha value is -2.02. The number of amides is 2. The lowest BCUT2D eigenvalue weighted by molar-refractivity contribution is 0.252. The van der Waals surface area contributed by atoms with Gasteiger partial charge >= 0.3 is 6.03 Å². The van der Waals surface area contributed by atoms with Gasteiger partial charge in [-0.25, -0.2) is 9.78 Å². The molecule has 0 bridgehead atoms. The van der Waals surface area contributed by atoms with Crippen LogP contribution in [0.1, 0.15) is 17.8 Å². The molecule has 0 fully saturated rings. The second kappa shape index (κ2) is 7.68. The van der Waals surface area contributed by atoms with E-state index in [0.717, 1.165) is 34.8 Å². The van der Waals surface area contributed by atoms with Crippen LogP contribution in [0.2, 0.25) is 0 Å². The summed E-state index contributed by atoms with van der Waals surface area (Å²) in [4.78, 5) is 17.0. The van der Waals surface area contributed by atoms with Crippen molar-refractivity contribution in [3.05, 3.63) is 35.9 Å². The Morgan fingerprint density at radius 3 is 3.00 bits per heavy atom. The molecule has 0 saturated carbocycles. The molecule has 1 aromatic heterocycles. The van der Waals surface area contributed by atoms with Crippen LogP contribution in [0.4, 0.5) is 10.5 Å². The molecule has 0 radical (unpaired) electrons. The smallest absolute Gasteiger partial charge is 0.319 e. The second-order valence-corrected chi connectivity index (χ2v) is 5.42. The van der Waals surface area contributed by atoms with Crippen LogP contribution >= 0.6 is 11.8 Å². The van der Waals surface area contributed by atoms with E-state index in [1.54, 1.807) is 11.8 Å². The van der Waals surface area contributed by atoms with Gasteiger partial charge in [0.2, 0.25) is 0 Å². The minimum absolute atomic E-state index is 0.183. The standard InChI is InChI=1S/C14H19N5OS/c1-10-5-3-6-11(21-2)13(10)18-14(20)15-8-4-7-12-16-9-17-19-12/h3,5-6,9H,4,7-8H2,1-2H3,(H2,15,18,20)(H,16,17,19). The first-order chi connectivity index (χ1) is 10.2. The molecular formula is C14H19N5OS. The van der Waals surface area contributed by atoms with Crippen molar-refractivity contribution in [1.82, 2.24) is 20.5 Å². The van der Waals surface area contributed by atoms with Gasteiger partial charge in [0, 0.05) is 17.9 Å². The fraction of sp³-hybridized carbons (Fsp3) is 0.357. The van der Waals surface area contributed by atoms with Gasteiger partial charge in [-0.3, -0.25) is 5.10 Å². The van der Waals surface area contributed by atoms with Crippen LogP contribution in [0.5, 0.6) is 0 Å². The van der Waals surface area contributed by atoms with Crippen molar-refractivity contribution in [2.24, 2.45) is 0 Å². The summed E-state index contributed by atoms with van der Waals surface area (Å²) in [6.07, 6.45) is 5.05. The molecule has 2 amide bonds. The first kappa shape index (κ1) is 15.4. The van der Waals surface area contributed by atoms with E-state index < -0.39 is 0 Å². The fourth-order valence-electron chi connectivity index (χ4n) is 1.94. The number of nitrogens with one attached hydrogen (secondary N) is 3. The van der Waals surface area contributed by atoms with Crippen LogP contribution in [0.3, 0.4) is 0 Å². The average Bonchev–Trinajstić information content (AvgIpc) is 2.99. The molecule has 3 N–H and O–H groups in total. The predicted molar refractivity (Wildman–Crippen MR) is 84.7 cm³/mol. The number of thioether (sulfide) groups is 1. The number of H-pyrrole nitrogens is 1. The first-order valence-electron chi connectivity index (χ1n) is 6.73. The Kier molecular flexibility index (Phi) is 5.62. The number of para-hydroxylation sites is 1. The van der Waals surface area contributed by atoms with Gasteiger partial charge in [-0.1, -0.05) is 12.1 Å². The number of urea groups is 1. The highest BCUT2D eigenvalue weighted by atomic mass is 32.2. The number of aromatic nitrogens is 3. The zero-order valence-electron chi connectivity index (χ0n) is 12.1. The summed E-state index contributed by atoms with van der Waals surface area (Å²) in [6.45, 7) is 2.58. The summed E-state index contributed by atoms with van der Waals surface area (Å²) in [5.74, 6) is 0.834. The van der Waals surface area contributed by atoms with Gasteiger partial charge in [0.15, 0.2) is 0 Å². The van der Waals surface area contributed by atoms with Crippen molar-refractivity contribution in [2.75, 3.05) is 18.1 Å². The zero-order valence-corrected chi connectivity index (χ0v) is 13.0. The number of aromatic amines is 1. The molecule has 0 unspecified atom stereocenters. The van der Waals surface area contributed by atoms with Crippen LogP contribution in [0, 0.1) is 6.92 Å². The maximum Gasteiger partial charge on any atom is 0.319 e. The largest absolute Gasteiger partial charge is 0.338 e. The topological polar surface area (TPSA) is 82.7 Å². The maximum atomic E-state index is 11.9. The monoisotopic (exact) mass is 305 g/mol. The Morgan fingerprint density at radius 1 is 1.43 bits per heavy atom. The molecule has 2 aromatic rings. The summed E-state index contributed by atoms with van der Waals surface area (Å²) in [7, 11) is 0. The lowest BCUT2D eigenvalue weighted by Crippen LogP contribution is -2.30. The van der Waals surface area contributed by atoms with Gasteiger partial charge in [-0.05, 0) is 31.2 Å². The number of benzene rings is 1. The van der Waals surface area contributed by atoms with Gasteiger partial charge in [0.25, 0.3) is 0 Å². The molecule has 0 aliphatic carbocycles. The van der Waals surface area contributed by atoms with E-state index in [4.69, 9.17) is 0 Å². The quantitative estimate of drug-likeness (QED) is 0.566. The Labute approximate surface area is 128 Å². The Morgan fingerprint density at radius 2 is 2.29 bits per heavy atom. The van der Waals surface area contributed by atoms with Crippen LogP contribution in [-0.2, 0) is 6.42 Å². The molecule has 7 heteroatoms. The van der Waals surface area contributed by atoms with Crippen molar-refractivity contribution >= 4 is 23.5 Å². The van der Waals surface area contributed by atoms with Gasteiger partial charge in [0.05, 0.1) is 5.69 Å². The van der Waals surface area contributed by atoms with Crippen molar-refractivity contribution in [1.29, 1.82) is 0 Å². The molecule has 1 aromatic carbocycles. The lowest BCUT2D eigenvalue weighted by atomic mass is 10.2. The summed E-state index contributed by atoms with van der Waals surface area (Å²) in [6, 6.07) is 5.79. The van der Waals surface area contributed by atoms with Crippen LogP contribution in [0.25, 0.3) is 0 Å². The third-order valence-electron chi connectivity index (χ3n) is 3.03. The summed E-state index contributed by atoms with van der Waals surface area (Å²) in [5.41, 5.74) is 1.93. The molecular weight excluding hydrogens is 286 g/mol. The normalized spacial score (nSPS) is 10.4. The summed E-state index contributed by atoms with van der Waals surface area (Å²) < 4.78 is 0. The van der Waals surface area contributed by atoms with Crippen LogP contribution < -0.4 is 10.6 Å². The Bertz CT molecular complexity index is 585. The maximum absolute atomic E-state index is 11.9. The van der Waals surface area contributed by atoms with Crippen molar-refractivity contribution in [3.8, 4) is 0 Å². The summed E-state index contributed by atoms with van der Waals surface area (Å²) >= 11 is 1.62. The lowest BCUT2D eigenvalue weighted by Gasteiger charge is -2.13. The fourth-order valence-corrected chi connectivity index (χ4v) is 2.57. The van der Waals surface area contributed by atoms with Crippen molar-refractivity contribution in [2.45, 2.75) is 24.7 Å². The number of aryl methyl sites for hydroxylation is 2. The number of hydrogen-bond donors (Lipinski definition) is 3. The molecule has 112 valence electrons. The van der Waals surface area contributed by atoms with Gasteiger partial charge in [-0.2, -0.15) is 5.10 Å². The van der Waals surface area contributed by atoms with Crippen molar-refractivity contribution in [3.63, 3.8) is 0 Å². The highest BCUT2D eigenvalue weighted by Gasteiger charge is 2.08. The molecule has 0 atom stereocenters. The van der Waals surface area contributed by atoms with Crippen molar-refractivity contribution < 1.29 is 4.79 Å². The van der Waals surface area contributed by atoms with E-state index in [9.17, 15) is 4.79 Å². The predicted octanol–water partition coefficient (Wildman–Crippen LogP) is 2.59. The molecule has 2 rings (SSSR count). The second-order valence-electron chi connectivity index (χ2n) is 4.57. The number of hydrogen-bond acceptors (Lipinski definition) is 4. The Balaban J connectivity index is 1.79. The number of rotatable bonds is 6.